The summed E-state index contributed by atoms with van der Waals surface area (Å²) in [5.74, 6) is -0.212. The normalized spacial score (nSPS) is 17.5. The monoisotopic (exact) mass is 408 g/mol. The number of nitrogens with zero attached hydrogens (tertiary/aromatic N) is 4. The summed E-state index contributed by atoms with van der Waals surface area (Å²) in [6.45, 7) is 3.81. The first-order chi connectivity index (χ1) is 14.4. The van der Waals surface area contributed by atoms with Gasteiger partial charge in [0, 0.05) is 32.1 Å². The third kappa shape index (κ3) is 4.25. The second-order valence-corrected chi connectivity index (χ2v) is 7.08. The van der Waals surface area contributed by atoms with Gasteiger partial charge in [0.2, 0.25) is 5.91 Å². The molecule has 7 nitrogen and oxygen atoms in total. The summed E-state index contributed by atoms with van der Waals surface area (Å²) < 4.78 is 13.3. The maximum absolute atomic E-state index is 13.3. The number of hydrogen-bond acceptors (Lipinski definition) is 6. The number of halogens is 1. The van der Waals surface area contributed by atoms with Gasteiger partial charge in [-0.05, 0) is 37.5 Å². The Morgan fingerprint density at radius 1 is 1.47 bits per heavy atom. The molecule has 0 spiro atoms. The molecule has 1 aliphatic carbocycles. The predicted octanol–water partition coefficient (Wildman–Crippen LogP) is 4.34. The molecular weight excluding hydrogens is 383 g/mol. The molecule has 1 aromatic heterocycles. The van der Waals surface area contributed by atoms with Crippen LogP contribution in [0.1, 0.15) is 31.4 Å². The molecule has 0 bridgehead atoms. The van der Waals surface area contributed by atoms with Gasteiger partial charge in [-0.1, -0.05) is 13.0 Å². The van der Waals surface area contributed by atoms with Crippen molar-refractivity contribution in [2.45, 2.75) is 32.9 Å². The number of benzene rings is 1. The number of aryl methyl sites for hydroxylation is 1. The maximum Gasteiger partial charge on any atom is 0.231 e. The van der Waals surface area contributed by atoms with Gasteiger partial charge in [0.25, 0.3) is 0 Å². The minimum Gasteiger partial charge on any atom is -0.386 e. The molecule has 8 heteroatoms. The summed E-state index contributed by atoms with van der Waals surface area (Å²) in [6.07, 6.45) is 1.53. The van der Waals surface area contributed by atoms with E-state index in [1.807, 2.05) is 37.1 Å². The number of carbonyl (C=O) groups is 1. The predicted molar refractivity (Wildman–Crippen MR) is 118 cm³/mol. The van der Waals surface area contributed by atoms with Crippen LogP contribution in [0.5, 0.6) is 0 Å². The summed E-state index contributed by atoms with van der Waals surface area (Å²) in [6, 6.07) is 9.52. The van der Waals surface area contributed by atoms with Crippen LogP contribution in [0.15, 0.2) is 29.3 Å². The lowest BCUT2D eigenvalue weighted by Gasteiger charge is -2.24. The van der Waals surface area contributed by atoms with Crippen LogP contribution in [0, 0.1) is 17.2 Å². The first-order valence-electron chi connectivity index (χ1n) is 9.86. The van der Waals surface area contributed by atoms with Crippen LogP contribution in [0.25, 0.3) is 0 Å². The lowest BCUT2D eigenvalue weighted by atomic mass is 10.1. The van der Waals surface area contributed by atoms with E-state index in [0.717, 1.165) is 17.7 Å². The minimum absolute atomic E-state index is 0.234. The molecule has 1 aliphatic rings. The van der Waals surface area contributed by atoms with Gasteiger partial charge in [-0.15, -0.1) is 0 Å². The van der Waals surface area contributed by atoms with E-state index in [-0.39, 0.29) is 12.2 Å². The van der Waals surface area contributed by atoms with Gasteiger partial charge in [0.05, 0.1) is 23.2 Å². The van der Waals surface area contributed by atoms with Gasteiger partial charge in [-0.25, -0.2) is 9.37 Å². The van der Waals surface area contributed by atoms with Crippen LogP contribution >= 0.6 is 0 Å². The lowest BCUT2D eigenvalue weighted by molar-refractivity contribution is -0.117. The van der Waals surface area contributed by atoms with Gasteiger partial charge in [-0.2, -0.15) is 5.26 Å². The summed E-state index contributed by atoms with van der Waals surface area (Å²) in [7, 11) is 3.61. The third-order valence-electron chi connectivity index (χ3n) is 5.10. The molecule has 3 rings (SSSR count). The number of nitriles is 1. The average Bonchev–Trinajstić information content (AvgIpc) is 3.50. The molecule has 0 aliphatic heterocycles. The van der Waals surface area contributed by atoms with Crippen LogP contribution in [0.2, 0.25) is 0 Å². The fraction of sp³-hybridized carbons (Fsp3) is 0.364. The lowest BCUT2D eigenvalue weighted by Crippen LogP contribution is -2.19. The van der Waals surface area contributed by atoms with Crippen LogP contribution < -0.4 is 15.5 Å². The Hall–Kier alpha value is -3.47. The number of carbonyl (C=O) groups excluding carboxylic acids is 1. The van der Waals surface area contributed by atoms with E-state index >= 15 is 0 Å². The van der Waals surface area contributed by atoms with Crippen molar-refractivity contribution in [3.05, 3.63) is 35.4 Å². The van der Waals surface area contributed by atoms with Gasteiger partial charge >= 0.3 is 0 Å². The van der Waals surface area contributed by atoms with Crippen molar-refractivity contribution >= 4 is 40.8 Å². The molecule has 0 saturated heterocycles. The number of alkyl halides is 1. The fourth-order valence-corrected chi connectivity index (χ4v) is 3.25. The molecule has 0 radical (unpaired) electrons. The highest BCUT2D eigenvalue weighted by atomic mass is 19.1. The van der Waals surface area contributed by atoms with Gasteiger partial charge in [0.15, 0.2) is 5.82 Å². The Morgan fingerprint density at radius 2 is 2.20 bits per heavy atom. The molecule has 156 valence electrons. The van der Waals surface area contributed by atoms with Crippen molar-refractivity contribution in [3.8, 4) is 6.07 Å². The van der Waals surface area contributed by atoms with Crippen molar-refractivity contribution in [2.75, 3.05) is 29.6 Å². The van der Waals surface area contributed by atoms with Gasteiger partial charge in [-0.3, -0.25) is 9.79 Å². The van der Waals surface area contributed by atoms with E-state index in [0.29, 0.717) is 22.8 Å². The number of pyridine rings is 1. The molecule has 0 unspecified atom stereocenters. The molecule has 1 saturated carbocycles. The molecule has 30 heavy (non-hydrogen) atoms. The Bertz CT molecular complexity index is 1030. The van der Waals surface area contributed by atoms with Crippen LogP contribution in [-0.2, 0) is 11.2 Å². The van der Waals surface area contributed by atoms with Crippen LogP contribution in [0.4, 0.5) is 33.1 Å². The van der Waals surface area contributed by atoms with Crippen LogP contribution in [0.3, 0.4) is 0 Å². The van der Waals surface area contributed by atoms with Gasteiger partial charge in [0.1, 0.15) is 17.7 Å². The van der Waals surface area contributed by atoms with E-state index in [2.05, 4.69) is 26.7 Å². The average molecular weight is 408 g/mol. The first-order valence-corrected chi connectivity index (χ1v) is 9.86. The third-order valence-corrected chi connectivity index (χ3v) is 5.10. The number of nitrogens with one attached hydrogen (secondary N) is 2. The zero-order chi connectivity index (χ0) is 21.8. The van der Waals surface area contributed by atoms with E-state index in [1.165, 1.54) is 0 Å². The first kappa shape index (κ1) is 21.2. The number of rotatable bonds is 7. The fourth-order valence-electron chi connectivity index (χ4n) is 3.25. The second-order valence-electron chi connectivity index (χ2n) is 7.08. The number of amides is 1. The van der Waals surface area contributed by atoms with Crippen LogP contribution in [-0.4, -0.2) is 37.4 Å². The van der Waals surface area contributed by atoms with E-state index in [4.69, 9.17) is 0 Å². The Morgan fingerprint density at radius 3 is 2.77 bits per heavy atom. The molecule has 2 atom stereocenters. The minimum atomic E-state index is -1.10. The largest absolute Gasteiger partial charge is 0.386 e. The van der Waals surface area contributed by atoms with Crippen molar-refractivity contribution in [2.24, 2.45) is 10.9 Å². The van der Waals surface area contributed by atoms with E-state index in [1.54, 1.807) is 26.3 Å². The Labute approximate surface area is 175 Å². The smallest absolute Gasteiger partial charge is 0.231 e. The zero-order valence-electron chi connectivity index (χ0n) is 17.5. The summed E-state index contributed by atoms with van der Waals surface area (Å²) in [5, 5.41) is 15.1. The summed E-state index contributed by atoms with van der Waals surface area (Å²) in [5.41, 5.74) is 3.60. The van der Waals surface area contributed by atoms with Crippen molar-refractivity contribution in [1.82, 2.24) is 4.98 Å². The second kappa shape index (κ2) is 8.91. The maximum atomic E-state index is 13.3. The van der Waals surface area contributed by atoms with E-state index in [9.17, 15) is 14.4 Å². The topological polar surface area (TPSA) is 93.4 Å². The molecule has 2 aromatic rings. The molecular formula is C22H25FN6O. The van der Waals surface area contributed by atoms with E-state index < -0.39 is 18.0 Å². The van der Waals surface area contributed by atoms with Crippen molar-refractivity contribution in [1.29, 1.82) is 5.26 Å². The highest BCUT2D eigenvalue weighted by molar-refractivity contribution is 5.99. The molecule has 1 amide bonds. The zero-order valence-corrected chi connectivity index (χ0v) is 17.5. The SMILES string of the molecule is C/C=N\c1c(NC)cc(N(C)c2cc(C#N)ccc2CC)nc1NC(=O)[C@H]1C[C@H]1F. The molecule has 1 aromatic carbocycles. The molecule has 1 fully saturated rings. The summed E-state index contributed by atoms with van der Waals surface area (Å²) in [4.78, 5) is 23.2. The van der Waals surface area contributed by atoms with Crippen molar-refractivity contribution in [3.63, 3.8) is 0 Å². The van der Waals surface area contributed by atoms with Crippen molar-refractivity contribution < 1.29 is 9.18 Å². The standard InChI is InChI=1S/C22H25FN6O/c1-5-14-8-7-13(12-24)9-18(14)29(4)19-11-17(25-3)20(26-6-2)21(27-19)28-22(30)15-10-16(15)23/h6-9,11,15-16H,5,10H2,1-4H3,(H2,25,27,28,30)/b26-6-/t15-,16+/m0/s1. The number of hydrogen-bond donors (Lipinski definition) is 2. The Balaban J connectivity index is 2.07. The number of aromatic nitrogens is 1. The highest BCUT2D eigenvalue weighted by Crippen LogP contribution is 2.40. The molecule has 2 N–H and O–H groups in total. The Kier molecular flexibility index (Phi) is 6.31. The summed E-state index contributed by atoms with van der Waals surface area (Å²) >= 11 is 0. The number of aliphatic imine (C=N–C) groups is 1. The molecule has 1 heterocycles. The number of anilines is 4. The highest BCUT2D eigenvalue weighted by Gasteiger charge is 2.44. The van der Waals surface area contributed by atoms with Gasteiger partial charge < -0.3 is 15.5 Å². The quantitative estimate of drug-likeness (QED) is 0.665.